The van der Waals surface area contributed by atoms with Crippen molar-refractivity contribution < 1.29 is 0 Å². The Morgan fingerprint density at radius 3 is 1.64 bits per heavy atom. The van der Waals surface area contributed by atoms with Gasteiger partial charge >= 0.3 is 0 Å². The lowest BCUT2D eigenvalue weighted by atomic mass is 9.64. The highest BCUT2D eigenvalue weighted by atomic mass is 14.5. The highest BCUT2D eigenvalue weighted by Crippen LogP contribution is 2.56. The van der Waals surface area contributed by atoms with E-state index in [0.717, 1.165) is 6.42 Å². The first kappa shape index (κ1) is 63.8. The zero-order chi connectivity index (χ0) is 58.6. The fraction of sp³-hybridized carbons (Fsp3) is 0.235. The smallest absolute Gasteiger partial charge is 0.0523 e. The standard InChI is InChI=1S/C28H26.C27H28.C13H12.C7H8.3C2H6/c1-4-5-6-8-13-22(3)28(23-14-9-7-10-15-23)26-17-12-11-16-24(26)25-19-18-21(2)20-27(25)28;1-19-11-13-22(14-12-19)23-8-6-9-24(18-23)25-15-16-27(21(3)17-25)26-10-5-4-7-20(26)2;1-11-7-9-13(10-8-11)12-5-3-2-4-6-12;1-7-5-3-2-4-6-7;3*1-2/h4-20,22H,1H2,2-3H3;5-6,8-11,13-19H,4,7,12H2,1-3H3;2-10H,1H3;2-6H,1H3;3*1-2H3/b6-5-,13-8-;;;;;;. The molecule has 81 heavy (non-hydrogen) atoms. The van der Waals surface area contributed by atoms with E-state index >= 15 is 0 Å². The van der Waals surface area contributed by atoms with E-state index in [1.807, 2.05) is 78.0 Å². The maximum absolute atomic E-state index is 3.76. The Balaban J connectivity index is 0.000000210. The van der Waals surface area contributed by atoms with Gasteiger partial charge in [-0.3, -0.25) is 0 Å². The molecule has 416 valence electrons. The number of hydrogen-bond donors (Lipinski definition) is 0. The number of hydrogen-bond acceptors (Lipinski definition) is 0. The van der Waals surface area contributed by atoms with Gasteiger partial charge in [-0.25, -0.2) is 0 Å². The van der Waals surface area contributed by atoms with Crippen LogP contribution in [0.1, 0.15) is 132 Å². The highest BCUT2D eigenvalue weighted by molar-refractivity contribution is 5.85. The third-order valence-electron chi connectivity index (χ3n) is 14.8. The summed E-state index contributed by atoms with van der Waals surface area (Å²) in [4.78, 5) is 0. The molecular formula is C81H92. The number of aryl methyl sites for hydroxylation is 4. The van der Waals surface area contributed by atoms with Gasteiger partial charge in [0.25, 0.3) is 0 Å². The minimum atomic E-state index is -0.197. The van der Waals surface area contributed by atoms with E-state index in [1.165, 1.54) is 113 Å². The quantitative estimate of drug-likeness (QED) is 0.126. The topological polar surface area (TPSA) is 0 Å². The molecule has 3 aliphatic rings. The zero-order valence-corrected chi connectivity index (χ0v) is 51.3. The van der Waals surface area contributed by atoms with Crippen molar-refractivity contribution in [3.05, 3.63) is 323 Å². The van der Waals surface area contributed by atoms with E-state index in [0.29, 0.717) is 5.92 Å². The van der Waals surface area contributed by atoms with Crippen molar-refractivity contribution in [1.29, 1.82) is 0 Å². The lowest BCUT2D eigenvalue weighted by Crippen LogP contribution is -2.33. The van der Waals surface area contributed by atoms with Crippen LogP contribution in [-0.4, -0.2) is 0 Å². The van der Waals surface area contributed by atoms with Gasteiger partial charge in [0.05, 0.1) is 5.41 Å². The summed E-state index contributed by atoms with van der Waals surface area (Å²) in [5, 5.41) is 0. The van der Waals surface area contributed by atoms with Crippen molar-refractivity contribution in [3.8, 4) is 33.4 Å². The number of benzene rings is 8. The molecule has 0 fully saturated rings. The fourth-order valence-corrected chi connectivity index (χ4v) is 10.7. The third-order valence-corrected chi connectivity index (χ3v) is 14.8. The molecule has 0 bridgehead atoms. The van der Waals surface area contributed by atoms with Gasteiger partial charge in [0.2, 0.25) is 0 Å². The summed E-state index contributed by atoms with van der Waals surface area (Å²) in [7, 11) is 0. The highest BCUT2D eigenvalue weighted by Gasteiger charge is 2.47. The lowest BCUT2D eigenvalue weighted by molar-refractivity contribution is 0.492. The predicted octanol–water partition coefficient (Wildman–Crippen LogP) is 23.7. The Hall–Kier alpha value is -8.06. The van der Waals surface area contributed by atoms with E-state index in [-0.39, 0.29) is 11.3 Å². The van der Waals surface area contributed by atoms with Crippen molar-refractivity contribution in [3.63, 3.8) is 0 Å². The Labute approximate surface area is 491 Å². The van der Waals surface area contributed by atoms with Crippen molar-refractivity contribution in [2.45, 2.75) is 115 Å². The van der Waals surface area contributed by atoms with Gasteiger partial charge in [0, 0.05) is 0 Å². The molecule has 0 heteroatoms. The van der Waals surface area contributed by atoms with Crippen molar-refractivity contribution in [2.75, 3.05) is 0 Å². The fourth-order valence-electron chi connectivity index (χ4n) is 10.7. The molecule has 11 rings (SSSR count). The predicted molar refractivity (Wildman–Crippen MR) is 361 cm³/mol. The molecule has 8 aromatic carbocycles. The maximum atomic E-state index is 3.76. The second-order valence-electron chi connectivity index (χ2n) is 20.4. The minimum absolute atomic E-state index is 0.197. The molecule has 8 aromatic rings. The monoisotopic (exact) mass is 1060 g/mol. The molecule has 3 atom stereocenters. The first-order chi connectivity index (χ1) is 39.6. The average molecular weight is 1070 g/mol. The molecule has 0 aliphatic heterocycles. The minimum Gasteiger partial charge on any atom is -0.0991 e. The normalized spacial score (nSPS) is 15.6. The summed E-state index contributed by atoms with van der Waals surface area (Å²) in [5.74, 6) is 0.937. The van der Waals surface area contributed by atoms with Gasteiger partial charge in [0.1, 0.15) is 0 Å². The van der Waals surface area contributed by atoms with Gasteiger partial charge in [-0.1, -0.05) is 339 Å². The SMILES string of the molecule is C=C/C=C\C=C/C(C)C1(c2ccccc2)c2ccccc2-c2ccc(C)cc21.CC.CC.CC.CC1=C(c2ccc(-c3cccc(C4=CCC(C)C=C4)c3)cc2C)C=CCC1.Cc1ccc(-c2ccccc2)cc1.Cc1ccccc1. The zero-order valence-electron chi connectivity index (χ0n) is 51.3. The molecule has 0 heterocycles. The molecule has 0 spiro atoms. The summed E-state index contributed by atoms with van der Waals surface area (Å²) < 4.78 is 0. The van der Waals surface area contributed by atoms with Crippen molar-refractivity contribution in [2.24, 2.45) is 11.8 Å². The Kier molecular flexibility index (Phi) is 26.4. The maximum Gasteiger partial charge on any atom is 0.0523 e. The summed E-state index contributed by atoms with van der Waals surface area (Å²) in [6.45, 7) is 31.2. The summed E-state index contributed by atoms with van der Waals surface area (Å²) in [6, 6.07) is 71.9. The van der Waals surface area contributed by atoms with Gasteiger partial charge in [-0.2, -0.15) is 0 Å². The molecule has 3 aliphatic carbocycles. The van der Waals surface area contributed by atoms with Gasteiger partial charge in [-0.05, 0) is 150 Å². The molecule has 0 nitrogen and oxygen atoms in total. The third kappa shape index (κ3) is 17.0. The molecule has 0 radical (unpaired) electrons. The first-order valence-electron chi connectivity index (χ1n) is 29.9. The molecule has 3 unspecified atom stereocenters. The van der Waals surface area contributed by atoms with E-state index in [9.17, 15) is 0 Å². The van der Waals surface area contributed by atoms with Crippen LogP contribution in [0.5, 0.6) is 0 Å². The molecule has 0 aromatic heterocycles. The number of rotatable bonds is 9. The van der Waals surface area contributed by atoms with Crippen LogP contribution in [0, 0.1) is 39.5 Å². The first-order valence-corrected chi connectivity index (χ1v) is 29.9. The van der Waals surface area contributed by atoms with Crippen LogP contribution >= 0.6 is 0 Å². The molecule has 0 N–H and O–H groups in total. The van der Waals surface area contributed by atoms with Gasteiger partial charge < -0.3 is 0 Å². The van der Waals surface area contributed by atoms with E-state index < -0.39 is 0 Å². The second kappa shape index (κ2) is 33.5. The van der Waals surface area contributed by atoms with Crippen molar-refractivity contribution >= 4 is 11.1 Å². The molecular weight excluding hydrogens is 973 g/mol. The second-order valence-corrected chi connectivity index (χ2v) is 20.4. The average Bonchev–Trinajstić information content (AvgIpc) is 3.96. The summed E-state index contributed by atoms with van der Waals surface area (Å²) in [6.07, 6.45) is 25.3. The van der Waals surface area contributed by atoms with Crippen LogP contribution in [0.15, 0.2) is 273 Å². The Bertz CT molecular complexity index is 3350. The van der Waals surface area contributed by atoms with Crippen LogP contribution in [0.2, 0.25) is 0 Å². The Morgan fingerprint density at radius 1 is 0.481 bits per heavy atom. The van der Waals surface area contributed by atoms with Crippen molar-refractivity contribution in [1.82, 2.24) is 0 Å². The Morgan fingerprint density at radius 2 is 1.02 bits per heavy atom. The lowest BCUT2D eigenvalue weighted by Gasteiger charge is -2.37. The number of allylic oxidation sites excluding steroid dienone is 13. The van der Waals surface area contributed by atoms with Crippen LogP contribution in [-0.2, 0) is 5.41 Å². The summed E-state index contributed by atoms with van der Waals surface area (Å²) in [5.41, 5.74) is 24.0. The van der Waals surface area contributed by atoms with E-state index in [4.69, 9.17) is 0 Å². The summed E-state index contributed by atoms with van der Waals surface area (Å²) >= 11 is 0. The van der Waals surface area contributed by atoms with Gasteiger partial charge in [-0.15, -0.1) is 0 Å². The van der Waals surface area contributed by atoms with Gasteiger partial charge in [0.15, 0.2) is 0 Å². The van der Waals surface area contributed by atoms with Crippen LogP contribution < -0.4 is 0 Å². The van der Waals surface area contributed by atoms with Crippen LogP contribution in [0.4, 0.5) is 0 Å². The largest absolute Gasteiger partial charge is 0.0991 e. The van der Waals surface area contributed by atoms with Crippen LogP contribution in [0.3, 0.4) is 0 Å². The molecule has 0 saturated heterocycles. The molecule has 0 saturated carbocycles. The van der Waals surface area contributed by atoms with E-state index in [2.05, 4.69) is 280 Å². The van der Waals surface area contributed by atoms with Crippen LogP contribution in [0.25, 0.3) is 44.5 Å². The van der Waals surface area contributed by atoms with E-state index in [1.54, 1.807) is 0 Å². The molecule has 0 amide bonds. The number of fused-ring (bicyclic) bond motifs is 3.